The lowest BCUT2D eigenvalue weighted by Gasteiger charge is -2.64. The Hall–Kier alpha value is -1.42. The van der Waals surface area contributed by atoms with E-state index in [4.69, 9.17) is 0 Å². The fourth-order valence-electron chi connectivity index (χ4n) is 7.02. The van der Waals surface area contributed by atoms with Crippen molar-refractivity contribution < 1.29 is 14.3 Å². The molecule has 0 radical (unpaired) electrons. The van der Waals surface area contributed by atoms with Crippen LogP contribution in [0.2, 0.25) is 0 Å². The Morgan fingerprint density at radius 3 is 2.62 bits per heavy atom. The van der Waals surface area contributed by atoms with Gasteiger partial charge in [0.2, 0.25) is 5.91 Å². The molecule has 26 heavy (non-hydrogen) atoms. The Labute approximate surface area is 154 Å². The average Bonchev–Trinajstić information content (AvgIpc) is 2.59. The molecule has 0 spiro atoms. The van der Waals surface area contributed by atoms with Gasteiger partial charge in [-0.15, -0.1) is 0 Å². The van der Waals surface area contributed by atoms with Gasteiger partial charge in [0, 0.05) is 24.9 Å². The van der Waals surface area contributed by atoms with Crippen molar-refractivity contribution in [2.75, 3.05) is 13.1 Å². The van der Waals surface area contributed by atoms with Gasteiger partial charge in [-0.25, -0.2) is 4.39 Å². The highest BCUT2D eigenvalue weighted by atomic mass is 19.1. The van der Waals surface area contributed by atoms with Gasteiger partial charge in [0.25, 0.3) is 0 Å². The number of halogens is 1. The topological polar surface area (TPSA) is 40.5 Å². The smallest absolute Gasteiger partial charge is 0.223 e. The predicted molar refractivity (Wildman–Crippen MR) is 96.9 cm³/mol. The van der Waals surface area contributed by atoms with E-state index in [1.165, 1.54) is 25.7 Å². The van der Waals surface area contributed by atoms with Crippen molar-refractivity contribution in [1.82, 2.24) is 4.90 Å². The lowest BCUT2D eigenvalue weighted by molar-refractivity contribution is -0.152. The summed E-state index contributed by atoms with van der Waals surface area (Å²) in [5.41, 5.74) is 1.01. The normalized spacial score (nSPS) is 41.3. The van der Waals surface area contributed by atoms with Gasteiger partial charge in [-0.2, -0.15) is 0 Å². The van der Waals surface area contributed by atoms with E-state index >= 15 is 0 Å². The number of aliphatic hydroxyl groups is 1. The molecule has 1 aromatic rings. The molecule has 1 heterocycles. The van der Waals surface area contributed by atoms with Crippen molar-refractivity contribution >= 4 is 5.91 Å². The first-order valence-electron chi connectivity index (χ1n) is 10.2. The van der Waals surface area contributed by atoms with E-state index in [2.05, 4.69) is 6.92 Å². The van der Waals surface area contributed by atoms with Crippen LogP contribution in [0.3, 0.4) is 0 Å². The number of carbonyl (C=O) groups is 1. The molecular weight excluding hydrogens is 329 g/mol. The van der Waals surface area contributed by atoms with Crippen molar-refractivity contribution in [2.45, 2.75) is 50.5 Å². The minimum absolute atomic E-state index is 0.155. The van der Waals surface area contributed by atoms with Gasteiger partial charge in [0.15, 0.2) is 0 Å². The number of hydrogen-bond acceptors (Lipinski definition) is 2. The SMILES string of the molecule is CC1C2CC3CC(C2)[C@@](CC(=O)N2CC(O)C2)(c2ccc(F)cc2)C1C3. The van der Waals surface area contributed by atoms with Crippen LogP contribution in [-0.2, 0) is 10.2 Å². The average molecular weight is 357 g/mol. The highest BCUT2D eigenvalue weighted by Gasteiger charge is 2.61. The summed E-state index contributed by atoms with van der Waals surface area (Å²) in [6.45, 7) is 3.31. The zero-order valence-corrected chi connectivity index (χ0v) is 15.4. The number of β-amino-alcohol motifs (C(OH)–C–C–N with tert-alkyl or cyclic N) is 1. The molecule has 1 aliphatic heterocycles. The van der Waals surface area contributed by atoms with E-state index in [9.17, 15) is 14.3 Å². The third kappa shape index (κ3) is 2.30. The number of likely N-dealkylation sites (tertiary alicyclic amines) is 1. The number of carbonyl (C=O) groups excluding carboxylic acids is 1. The van der Waals surface area contributed by atoms with E-state index in [1.807, 2.05) is 12.1 Å². The molecule has 4 heteroatoms. The lowest BCUT2D eigenvalue weighted by Crippen LogP contribution is -2.62. The second-order valence-corrected chi connectivity index (χ2v) is 9.41. The summed E-state index contributed by atoms with van der Waals surface area (Å²) in [7, 11) is 0. The minimum Gasteiger partial charge on any atom is -0.389 e. The first-order chi connectivity index (χ1) is 12.5. The molecule has 1 N–H and O–H groups in total. The second-order valence-electron chi connectivity index (χ2n) is 9.41. The first-order valence-corrected chi connectivity index (χ1v) is 10.2. The Morgan fingerprint density at radius 1 is 1.19 bits per heavy atom. The van der Waals surface area contributed by atoms with Crippen LogP contribution in [0, 0.1) is 35.4 Å². The molecular formula is C22H28FNO2. The maximum absolute atomic E-state index is 13.6. The van der Waals surface area contributed by atoms with Crippen molar-refractivity contribution in [3.63, 3.8) is 0 Å². The van der Waals surface area contributed by atoms with Crippen molar-refractivity contribution in [3.05, 3.63) is 35.6 Å². The van der Waals surface area contributed by atoms with Crippen molar-refractivity contribution in [2.24, 2.45) is 29.6 Å². The molecule has 140 valence electrons. The highest BCUT2D eigenvalue weighted by Crippen LogP contribution is 2.66. The molecule has 0 aromatic heterocycles. The molecule has 5 aliphatic rings. The molecule has 5 unspecified atom stereocenters. The monoisotopic (exact) mass is 357 g/mol. The van der Waals surface area contributed by atoms with E-state index in [0.717, 1.165) is 17.4 Å². The van der Waals surface area contributed by atoms with Crippen molar-refractivity contribution in [1.29, 1.82) is 0 Å². The fourth-order valence-corrected chi connectivity index (χ4v) is 7.02. The summed E-state index contributed by atoms with van der Waals surface area (Å²) in [5.74, 6) is 3.24. The standard InChI is InChI=1S/C22H28FNO2/c1-13-15-6-14-7-17(9-15)22(20(13)8-14,16-2-4-18(23)5-3-16)10-21(26)24-11-19(25)12-24/h2-5,13-15,17,19-20,25H,6-12H2,1H3/t13?,14?,15?,17?,20?,22-/m1/s1. The number of amides is 1. The Balaban J connectivity index is 1.55. The molecule has 6 atom stereocenters. The Kier molecular flexibility index (Phi) is 3.72. The second kappa shape index (κ2) is 5.79. The van der Waals surface area contributed by atoms with E-state index in [1.54, 1.807) is 17.0 Å². The highest BCUT2D eigenvalue weighted by molar-refractivity contribution is 5.79. The Bertz CT molecular complexity index is 713. The van der Waals surface area contributed by atoms with E-state index in [0.29, 0.717) is 37.3 Å². The molecule has 4 saturated carbocycles. The van der Waals surface area contributed by atoms with Crippen LogP contribution in [0.5, 0.6) is 0 Å². The molecule has 1 aromatic carbocycles. The predicted octanol–water partition coefficient (Wildman–Crippen LogP) is 3.36. The zero-order chi connectivity index (χ0) is 18.1. The third-order valence-corrected chi connectivity index (χ3v) is 8.24. The number of rotatable bonds is 3. The van der Waals surface area contributed by atoms with Gasteiger partial charge in [0.05, 0.1) is 6.10 Å². The molecule has 3 nitrogen and oxygen atoms in total. The number of benzene rings is 1. The third-order valence-electron chi connectivity index (χ3n) is 8.24. The summed E-state index contributed by atoms with van der Waals surface area (Å²) in [5, 5.41) is 9.59. The number of nitrogens with zero attached hydrogens (tertiary/aromatic N) is 1. The number of hydrogen-bond donors (Lipinski definition) is 1. The van der Waals surface area contributed by atoms with Crippen LogP contribution >= 0.6 is 0 Å². The van der Waals surface area contributed by atoms with Gasteiger partial charge >= 0.3 is 0 Å². The summed E-state index contributed by atoms with van der Waals surface area (Å²) >= 11 is 0. The lowest BCUT2D eigenvalue weighted by atomic mass is 9.40. The van der Waals surface area contributed by atoms with E-state index < -0.39 is 0 Å². The maximum Gasteiger partial charge on any atom is 0.223 e. The molecule has 6 rings (SSSR count). The van der Waals surface area contributed by atoms with Gasteiger partial charge in [-0.3, -0.25) is 4.79 Å². The van der Waals surface area contributed by atoms with E-state index in [-0.39, 0.29) is 23.2 Å². The molecule has 4 aliphatic carbocycles. The summed E-state index contributed by atoms with van der Waals surface area (Å²) < 4.78 is 13.6. The van der Waals surface area contributed by atoms with Gasteiger partial charge in [-0.1, -0.05) is 19.1 Å². The van der Waals surface area contributed by atoms with Crippen LogP contribution < -0.4 is 0 Å². The van der Waals surface area contributed by atoms with Crippen LogP contribution in [0.1, 0.15) is 44.6 Å². The van der Waals surface area contributed by atoms with Gasteiger partial charge < -0.3 is 10.0 Å². The largest absolute Gasteiger partial charge is 0.389 e. The molecule has 5 fully saturated rings. The summed E-state index contributed by atoms with van der Waals surface area (Å²) in [6.07, 6.45) is 5.15. The molecule has 4 bridgehead atoms. The first kappa shape index (κ1) is 16.7. The van der Waals surface area contributed by atoms with Gasteiger partial charge in [-0.05, 0) is 73.0 Å². The fraction of sp³-hybridized carbons (Fsp3) is 0.682. The van der Waals surface area contributed by atoms with Crippen molar-refractivity contribution in [3.8, 4) is 0 Å². The van der Waals surface area contributed by atoms with Crippen LogP contribution in [0.15, 0.2) is 24.3 Å². The van der Waals surface area contributed by atoms with Gasteiger partial charge in [0.1, 0.15) is 5.82 Å². The maximum atomic E-state index is 13.6. The quantitative estimate of drug-likeness (QED) is 0.901. The zero-order valence-electron chi connectivity index (χ0n) is 15.4. The van der Waals surface area contributed by atoms with Crippen LogP contribution in [-0.4, -0.2) is 35.1 Å². The Morgan fingerprint density at radius 2 is 1.92 bits per heavy atom. The number of aliphatic hydroxyl groups excluding tert-OH is 1. The summed E-state index contributed by atoms with van der Waals surface area (Å²) in [6, 6.07) is 6.99. The molecule has 1 saturated heterocycles. The molecule has 1 amide bonds. The minimum atomic E-state index is -0.363. The summed E-state index contributed by atoms with van der Waals surface area (Å²) in [4.78, 5) is 14.9. The van der Waals surface area contributed by atoms with Crippen LogP contribution in [0.4, 0.5) is 4.39 Å². The van der Waals surface area contributed by atoms with Crippen LogP contribution in [0.25, 0.3) is 0 Å².